The Kier molecular flexibility index (Phi) is 1.87. The Balaban J connectivity index is 2.33. The first-order chi connectivity index (χ1) is 7.31. The fraction of sp³-hybridized carbons (Fsp3) is 0.300. The number of para-hydroxylation sites is 1. The molecule has 3 N–H and O–H groups in total. The van der Waals surface area contributed by atoms with Gasteiger partial charge in [-0.05, 0) is 25.0 Å². The molecule has 5 heteroatoms. The summed E-state index contributed by atoms with van der Waals surface area (Å²) in [6, 6.07) is 6.33. The van der Waals surface area contributed by atoms with Crippen LogP contribution in [0.2, 0.25) is 5.02 Å². The molecule has 4 nitrogen and oxygen atoms in total. The number of fused-ring (bicyclic) bond motifs is 1. The van der Waals surface area contributed by atoms with E-state index < -0.39 is 0 Å². The van der Waals surface area contributed by atoms with E-state index in [4.69, 9.17) is 17.4 Å². The molecule has 1 aliphatic carbocycles. The molecule has 0 atom stereocenters. The molecular weight excluding hydrogens is 212 g/mol. The van der Waals surface area contributed by atoms with Gasteiger partial charge in [-0.15, -0.1) is 0 Å². The van der Waals surface area contributed by atoms with E-state index >= 15 is 0 Å². The maximum Gasteiger partial charge on any atom is 0.218 e. The number of aromatic nitrogens is 2. The highest BCUT2D eigenvalue weighted by molar-refractivity contribution is 6.35. The number of halogens is 1. The highest BCUT2D eigenvalue weighted by Crippen LogP contribution is 2.40. The summed E-state index contributed by atoms with van der Waals surface area (Å²) in [4.78, 5) is 4.39. The predicted octanol–water partition coefficient (Wildman–Crippen LogP) is 2.31. The van der Waals surface area contributed by atoms with E-state index in [2.05, 4.69) is 15.0 Å². The minimum absolute atomic E-state index is 0.527. The van der Waals surface area contributed by atoms with Gasteiger partial charge in [-0.1, -0.05) is 17.7 Å². The molecule has 1 aromatic heterocycles. The molecular formula is C10H11ClN4. The zero-order valence-electron chi connectivity index (χ0n) is 8.07. The first-order valence-electron chi connectivity index (χ1n) is 4.94. The molecule has 1 aromatic carbocycles. The number of nitrogens with two attached hydrogens (primary N) is 1. The normalized spacial score (nSPS) is 15.9. The number of anilines is 1. The number of imidazole rings is 1. The van der Waals surface area contributed by atoms with Crippen LogP contribution in [0.25, 0.3) is 11.0 Å². The van der Waals surface area contributed by atoms with Crippen molar-refractivity contribution in [2.75, 3.05) is 5.43 Å². The van der Waals surface area contributed by atoms with Crippen LogP contribution in [0.4, 0.5) is 5.95 Å². The Bertz CT molecular complexity index is 515. The molecule has 3 rings (SSSR count). The van der Waals surface area contributed by atoms with Crippen LogP contribution in [-0.2, 0) is 0 Å². The molecule has 0 amide bonds. The third-order valence-corrected chi connectivity index (χ3v) is 3.02. The number of hydrogen-bond acceptors (Lipinski definition) is 3. The van der Waals surface area contributed by atoms with Crippen LogP contribution in [0.1, 0.15) is 18.9 Å². The highest BCUT2D eigenvalue weighted by Gasteiger charge is 2.28. The van der Waals surface area contributed by atoms with E-state index in [-0.39, 0.29) is 0 Å². The molecule has 15 heavy (non-hydrogen) atoms. The SMILES string of the molecule is NNc1nc2c(Cl)cccc2n1C1CC1. The van der Waals surface area contributed by atoms with Gasteiger partial charge in [-0.25, -0.2) is 10.8 Å². The Morgan fingerprint density at radius 2 is 2.27 bits per heavy atom. The van der Waals surface area contributed by atoms with E-state index in [0.717, 1.165) is 11.0 Å². The number of nitrogens with one attached hydrogen (secondary N) is 1. The van der Waals surface area contributed by atoms with Gasteiger partial charge in [0.1, 0.15) is 5.52 Å². The van der Waals surface area contributed by atoms with Crippen molar-refractivity contribution in [3.05, 3.63) is 23.2 Å². The van der Waals surface area contributed by atoms with E-state index in [0.29, 0.717) is 17.0 Å². The van der Waals surface area contributed by atoms with Gasteiger partial charge in [-0.2, -0.15) is 0 Å². The largest absolute Gasteiger partial charge is 0.306 e. The third-order valence-electron chi connectivity index (χ3n) is 2.71. The zero-order chi connectivity index (χ0) is 10.4. The van der Waals surface area contributed by atoms with Crippen molar-refractivity contribution < 1.29 is 0 Å². The average molecular weight is 223 g/mol. The van der Waals surface area contributed by atoms with Gasteiger partial charge in [0.2, 0.25) is 5.95 Å². The van der Waals surface area contributed by atoms with Crippen molar-refractivity contribution in [3.63, 3.8) is 0 Å². The summed E-state index contributed by atoms with van der Waals surface area (Å²) in [7, 11) is 0. The van der Waals surface area contributed by atoms with Crippen LogP contribution in [0.5, 0.6) is 0 Å². The fourth-order valence-electron chi connectivity index (χ4n) is 1.89. The Labute approximate surface area is 92.0 Å². The van der Waals surface area contributed by atoms with Crippen LogP contribution in [0, 0.1) is 0 Å². The average Bonchev–Trinajstić information content (AvgIpc) is 3.00. The highest BCUT2D eigenvalue weighted by atomic mass is 35.5. The summed E-state index contributed by atoms with van der Waals surface area (Å²) < 4.78 is 2.13. The molecule has 0 spiro atoms. The van der Waals surface area contributed by atoms with Gasteiger partial charge >= 0.3 is 0 Å². The van der Waals surface area contributed by atoms with Crippen LogP contribution in [0.3, 0.4) is 0 Å². The molecule has 1 saturated carbocycles. The number of hydrogen-bond donors (Lipinski definition) is 2. The van der Waals surface area contributed by atoms with E-state index in [1.54, 1.807) is 0 Å². The predicted molar refractivity (Wildman–Crippen MR) is 60.8 cm³/mol. The summed E-state index contributed by atoms with van der Waals surface area (Å²) in [6.07, 6.45) is 2.37. The molecule has 1 heterocycles. The fourth-order valence-corrected chi connectivity index (χ4v) is 2.10. The van der Waals surface area contributed by atoms with Crippen LogP contribution in [-0.4, -0.2) is 9.55 Å². The second kappa shape index (κ2) is 3.12. The van der Waals surface area contributed by atoms with Gasteiger partial charge < -0.3 is 4.57 Å². The monoisotopic (exact) mass is 222 g/mol. The molecule has 78 valence electrons. The van der Waals surface area contributed by atoms with Gasteiger partial charge in [0.25, 0.3) is 0 Å². The first kappa shape index (κ1) is 9.00. The van der Waals surface area contributed by atoms with Crippen molar-refractivity contribution in [3.8, 4) is 0 Å². The summed E-state index contributed by atoms with van der Waals surface area (Å²) in [6.45, 7) is 0. The van der Waals surface area contributed by atoms with Crippen molar-refractivity contribution in [1.29, 1.82) is 0 Å². The second-order valence-corrected chi connectivity index (χ2v) is 4.20. The van der Waals surface area contributed by atoms with Crippen molar-refractivity contribution in [2.24, 2.45) is 5.84 Å². The Morgan fingerprint density at radius 3 is 2.93 bits per heavy atom. The van der Waals surface area contributed by atoms with Gasteiger partial charge in [0.15, 0.2) is 0 Å². The van der Waals surface area contributed by atoms with Crippen molar-refractivity contribution in [2.45, 2.75) is 18.9 Å². The van der Waals surface area contributed by atoms with E-state index in [9.17, 15) is 0 Å². The molecule has 0 aliphatic heterocycles. The molecule has 0 saturated heterocycles. The minimum atomic E-state index is 0.527. The molecule has 2 aromatic rings. The first-order valence-corrected chi connectivity index (χ1v) is 5.32. The second-order valence-electron chi connectivity index (χ2n) is 3.79. The zero-order valence-corrected chi connectivity index (χ0v) is 8.83. The van der Waals surface area contributed by atoms with Gasteiger partial charge in [0, 0.05) is 6.04 Å². The molecule has 0 unspecified atom stereocenters. The lowest BCUT2D eigenvalue weighted by Crippen LogP contribution is -2.12. The topological polar surface area (TPSA) is 55.9 Å². The molecule has 0 radical (unpaired) electrons. The van der Waals surface area contributed by atoms with E-state index in [1.807, 2.05) is 18.2 Å². The number of nitrogens with zero attached hydrogens (tertiary/aromatic N) is 2. The number of nitrogen functional groups attached to an aromatic ring is 1. The lowest BCUT2D eigenvalue weighted by molar-refractivity contribution is 0.770. The summed E-state index contributed by atoms with van der Waals surface area (Å²) >= 11 is 6.08. The number of rotatable bonds is 2. The lowest BCUT2D eigenvalue weighted by atomic mass is 10.3. The van der Waals surface area contributed by atoms with E-state index in [1.165, 1.54) is 12.8 Å². The maximum absolute atomic E-state index is 6.08. The smallest absolute Gasteiger partial charge is 0.218 e. The van der Waals surface area contributed by atoms with Crippen molar-refractivity contribution >= 4 is 28.6 Å². The lowest BCUT2D eigenvalue weighted by Gasteiger charge is -2.05. The van der Waals surface area contributed by atoms with Gasteiger partial charge in [0.05, 0.1) is 10.5 Å². The molecule has 1 fully saturated rings. The van der Waals surface area contributed by atoms with Crippen LogP contribution in [0.15, 0.2) is 18.2 Å². The molecule has 0 bridgehead atoms. The Hall–Kier alpha value is -1.26. The molecule has 1 aliphatic rings. The van der Waals surface area contributed by atoms with Crippen molar-refractivity contribution in [1.82, 2.24) is 9.55 Å². The number of benzene rings is 1. The number of hydrazine groups is 1. The third kappa shape index (κ3) is 1.29. The van der Waals surface area contributed by atoms with Gasteiger partial charge in [-0.3, -0.25) is 5.43 Å². The Morgan fingerprint density at radius 1 is 1.47 bits per heavy atom. The quantitative estimate of drug-likeness (QED) is 0.606. The standard InChI is InChI=1S/C10H11ClN4/c11-7-2-1-3-8-9(7)13-10(14-12)15(8)6-4-5-6/h1-3,6H,4-5,12H2,(H,13,14). The van der Waals surface area contributed by atoms with Crippen LogP contribution < -0.4 is 11.3 Å². The summed E-state index contributed by atoms with van der Waals surface area (Å²) in [5, 5.41) is 0.670. The maximum atomic E-state index is 6.08. The van der Waals surface area contributed by atoms with Crippen LogP contribution >= 0.6 is 11.6 Å². The summed E-state index contributed by atoms with van der Waals surface area (Å²) in [5.41, 5.74) is 4.50. The minimum Gasteiger partial charge on any atom is -0.306 e. The summed E-state index contributed by atoms with van der Waals surface area (Å²) in [5.74, 6) is 6.15.